The molecule has 2 heterocycles. The van der Waals surface area contributed by atoms with Gasteiger partial charge in [0.2, 0.25) is 5.91 Å². The van der Waals surface area contributed by atoms with E-state index in [0.29, 0.717) is 35.1 Å². The molecule has 0 aliphatic carbocycles. The van der Waals surface area contributed by atoms with Crippen LogP contribution in [0.15, 0.2) is 72.8 Å². The molecule has 0 bridgehead atoms. The normalized spacial score (nSPS) is 15.4. The zero-order chi connectivity index (χ0) is 24.9. The first-order valence-corrected chi connectivity index (χ1v) is 13.0. The minimum atomic E-state index is -0.0645. The molecule has 0 N–H and O–H groups in total. The van der Waals surface area contributed by atoms with Gasteiger partial charge in [0, 0.05) is 18.9 Å². The predicted molar refractivity (Wildman–Crippen MR) is 143 cm³/mol. The number of thiazole rings is 1. The van der Waals surface area contributed by atoms with Crippen molar-refractivity contribution in [1.29, 1.82) is 0 Å². The highest BCUT2D eigenvalue weighted by Crippen LogP contribution is 2.41. The summed E-state index contributed by atoms with van der Waals surface area (Å²) >= 11 is 1.45. The molecule has 1 unspecified atom stereocenters. The Bertz CT molecular complexity index is 1220. The highest BCUT2D eigenvalue weighted by atomic mass is 32.1. The summed E-state index contributed by atoms with van der Waals surface area (Å²) in [6.45, 7) is 1.20. The number of carbonyl (C=O) groups is 1. The lowest BCUT2D eigenvalue weighted by molar-refractivity contribution is -0.119. The number of hydrogen-bond acceptors (Lipinski definition) is 6. The molecule has 0 saturated carbocycles. The number of methoxy groups -OCH3 is 2. The molecular weight excluding hydrogens is 472 g/mol. The number of carbonyl (C=O) groups excluding carboxylic acids is 1. The molecule has 7 heteroatoms. The van der Waals surface area contributed by atoms with Crippen LogP contribution in [0.1, 0.15) is 36.3 Å². The van der Waals surface area contributed by atoms with Gasteiger partial charge >= 0.3 is 0 Å². The fraction of sp³-hybridized carbons (Fsp3) is 0.310. The van der Waals surface area contributed by atoms with Crippen LogP contribution in [-0.2, 0) is 9.53 Å². The van der Waals surface area contributed by atoms with Crippen LogP contribution in [0.5, 0.6) is 11.5 Å². The van der Waals surface area contributed by atoms with E-state index < -0.39 is 0 Å². The second-order valence-electron chi connectivity index (χ2n) is 8.86. The number of ether oxygens (including phenoxy) is 3. The van der Waals surface area contributed by atoms with E-state index in [9.17, 15) is 4.79 Å². The molecule has 1 aromatic heterocycles. The Hall–Kier alpha value is -3.42. The summed E-state index contributed by atoms with van der Waals surface area (Å²) < 4.78 is 17.9. The maximum Gasteiger partial charge on any atom is 0.229 e. The Morgan fingerprint density at radius 1 is 1.00 bits per heavy atom. The zero-order valence-electron chi connectivity index (χ0n) is 20.6. The molecule has 36 heavy (non-hydrogen) atoms. The average Bonchev–Trinajstić information content (AvgIpc) is 3.61. The van der Waals surface area contributed by atoms with Crippen LogP contribution in [0.3, 0.4) is 0 Å². The largest absolute Gasteiger partial charge is 0.495 e. The van der Waals surface area contributed by atoms with Crippen molar-refractivity contribution in [2.75, 3.05) is 32.3 Å². The SMILES string of the molecule is COc1ccc(OC)c2sc(N(CC3CCCO3)C(=O)CC(c3ccccc3)c3ccccc3)nc12. The Morgan fingerprint density at radius 2 is 1.64 bits per heavy atom. The minimum absolute atomic E-state index is 0.00310. The molecule has 1 amide bonds. The van der Waals surface area contributed by atoms with Gasteiger partial charge in [-0.25, -0.2) is 4.98 Å². The molecule has 1 aliphatic heterocycles. The number of fused-ring (bicyclic) bond motifs is 1. The molecule has 1 saturated heterocycles. The first-order valence-electron chi connectivity index (χ1n) is 12.2. The van der Waals surface area contributed by atoms with Gasteiger partial charge in [-0.05, 0) is 36.1 Å². The van der Waals surface area contributed by atoms with Crippen LogP contribution in [0.4, 0.5) is 5.13 Å². The van der Waals surface area contributed by atoms with Gasteiger partial charge in [0.25, 0.3) is 0 Å². The van der Waals surface area contributed by atoms with Crippen molar-refractivity contribution in [2.45, 2.75) is 31.3 Å². The highest BCUT2D eigenvalue weighted by Gasteiger charge is 2.29. The maximum atomic E-state index is 14.0. The van der Waals surface area contributed by atoms with Gasteiger partial charge in [0.05, 0.1) is 26.9 Å². The number of anilines is 1. The van der Waals surface area contributed by atoms with Crippen molar-refractivity contribution >= 4 is 32.6 Å². The van der Waals surface area contributed by atoms with Crippen LogP contribution >= 0.6 is 11.3 Å². The Balaban J connectivity index is 1.53. The summed E-state index contributed by atoms with van der Waals surface area (Å²) in [5.41, 5.74) is 2.92. The first kappa shape index (κ1) is 24.3. The second-order valence-corrected chi connectivity index (χ2v) is 9.84. The van der Waals surface area contributed by atoms with Gasteiger partial charge in [0.1, 0.15) is 21.7 Å². The lowest BCUT2D eigenvalue weighted by Gasteiger charge is -2.26. The second kappa shape index (κ2) is 11.1. The summed E-state index contributed by atoms with van der Waals surface area (Å²) in [4.78, 5) is 20.7. The van der Waals surface area contributed by atoms with Crippen LogP contribution in [0.25, 0.3) is 10.2 Å². The van der Waals surface area contributed by atoms with Crippen molar-refractivity contribution < 1.29 is 19.0 Å². The van der Waals surface area contributed by atoms with E-state index in [-0.39, 0.29) is 17.9 Å². The first-order chi connectivity index (χ1) is 17.7. The van der Waals surface area contributed by atoms with E-state index in [1.165, 1.54) is 11.3 Å². The molecule has 186 valence electrons. The third kappa shape index (κ3) is 5.08. The van der Waals surface area contributed by atoms with Gasteiger partial charge in [-0.15, -0.1) is 0 Å². The molecule has 6 nitrogen and oxygen atoms in total. The summed E-state index contributed by atoms with van der Waals surface area (Å²) in [7, 11) is 3.26. The number of aromatic nitrogens is 1. The van der Waals surface area contributed by atoms with Crippen LogP contribution in [0.2, 0.25) is 0 Å². The quantitative estimate of drug-likeness (QED) is 0.279. The molecular formula is C29H30N2O4S. The van der Waals surface area contributed by atoms with E-state index in [0.717, 1.165) is 35.3 Å². The van der Waals surface area contributed by atoms with Crippen molar-refractivity contribution in [3.63, 3.8) is 0 Å². The molecule has 1 aliphatic rings. The summed E-state index contributed by atoms with van der Waals surface area (Å²) in [5.74, 6) is 1.32. The molecule has 4 aromatic rings. The fourth-order valence-electron chi connectivity index (χ4n) is 4.75. The fourth-order valence-corrected chi connectivity index (χ4v) is 5.85. The Labute approximate surface area is 215 Å². The summed E-state index contributed by atoms with van der Waals surface area (Å²) in [6.07, 6.45) is 2.26. The van der Waals surface area contributed by atoms with Crippen molar-refractivity contribution in [2.24, 2.45) is 0 Å². The Kier molecular flexibility index (Phi) is 7.49. The smallest absolute Gasteiger partial charge is 0.229 e. The van der Waals surface area contributed by atoms with E-state index >= 15 is 0 Å². The van der Waals surface area contributed by atoms with E-state index in [1.54, 1.807) is 19.1 Å². The monoisotopic (exact) mass is 502 g/mol. The third-order valence-corrected chi connectivity index (χ3v) is 7.72. The number of hydrogen-bond donors (Lipinski definition) is 0. The lowest BCUT2D eigenvalue weighted by atomic mass is 9.88. The molecule has 3 aromatic carbocycles. The van der Waals surface area contributed by atoms with Gasteiger partial charge in [-0.3, -0.25) is 9.69 Å². The van der Waals surface area contributed by atoms with Gasteiger partial charge < -0.3 is 14.2 Å². The molecule has 1 atom stereocenters. The standard InChI is InChI=1S/C29H30N2O4S/c1-33-24-15-16-25(34-2)28-27(24)30-29(36-28)31(19-22-14-9-17-35-22)26(32)18-23(20-10-5-3-6-11-20)21-12-7-4-8-13-21/h3-8,10-13,15-16,22-23H,9,14,17-19H2,1-2H3. The molecule has 5 rings (SSSR count). The van der Waals surface area contributed by atoms with E-state index in [4.69, 9.17) is 19.2 Å². The minimum Gasteiger partial charge on any atom is -0.495 e. The van der Waals surface area contributed by atoms with E-state index in [2.05, 4.69) is 24.3 Å². The van der Waals surface area contributed by atoms with Crippen LogP contribution < -0.4 is 14.4 Å². The van der Waals surface area contributed by atoms with Crippen molar-refractivity contribution in [1.82, 2.24) is 4.98 Å². The number of rotatable bonds is 9. The van der Waals surface area contributed by atoms with Crippen LogP contribution in [-0.4, -0.2) is 44.4 Å². The average molecular weight is 503 g/mol. The lowest BCUT2D eigenvalue weighted by Crippen LogP contribution is -2.38. The molecule has 0 radical (unpaired) electrons. The third-order valence-electron chi connectivity index (χ3n) is 6.62. The van der Waals surface area contributed by atoms with Gasteiger partial charge in [0.15, 0.2) is 5.13 Å². The van der Waals surface area contributed by atoms with Crippen molar-refractivity contribution in [3.8, 4) is 11.5 Å². The topological polar surface area (TPSA) is 60.9 Å². The predicted octanol–water partition coefficient (Wildman–Crippen LogP) is 6.05. The summed E-state index contributed by atoms with van der Waals surface area (Å²) in [5, 5.41) is 0.633. The number of benzene rings is 3. The molecule has 0 spiro atoms. The number of amides is 1. The van der Waals surface area contributed by atoms with E-state index in [1.807, 2.05) is 48.5 Å². The van der Waals surface area contributed by atoms with Gasteiger partial charge in [-0.1, -0.05) is 72.0 Å². The Morgan fingerprint density at radius 3 is 2.22 bits per heavy atom. The van der Waals surface area contributed by atoms with Crippen LogP contribution in [0, 0.1) is 0 Å². The zero-order valence-corrected chi connectivity index (χ0v) is 21.4. The maximum absolute atomic E-state index is 14.0. The van der Waals surface area contributed by atoms with Crippen molar-refractivity contribution in [3.05, 3.63) is 83.9 Å². The molecule has 1 fully saturated rings. The number of nitrogens with zero attached hydrogens (tertiary/aromatic N) is 2. The highest BCUT2D eigenvalue weighted by molar-refractivity contribution is 7.22. The van der Waals surface area contributed by atoms with Gasteiger partial charge in [-0.2, -0.15) is 0 Å². The summed E-state index contributed by atoms with van der Waals surface area (Å²) in [6, 6.07) is 24.1.